The van der Waals surface area contributed by atoms with E-state index in [2.05, 4.69) is 10.4 Å². The van der Waals surface area contributed by atoms with E-state index in [1.807, 2.05) is 30.5 Å². The molecule has 1 N–H and O–H groups in total. The van der Waals surface area contributed by atoms with E-state index >= 15 is 0 Å². The number of thiophene rings is 1. The maximum absolute atomic E-state index is 12.3. The SMILES string of the molecule is C[C@@H](NC(=O)Cn1nc(-c2cccs2)oc1=O)c1ccc2c(c1)OCO2. The first kappa shape index (κ1) is 16.4. The standard InChI is InChI=1S/C17H15N3O5S/c1-10(11-4-5-12-13(7-11)24-9-23-12)18-15(21)8-20-17(22)25-16(19-20)14-3-2-6-26-14/h2-7,10H,8-9H2,1H3,(H,18,21)/t10-/m1/s1. The van der Waals surface area contributed by atoms with Crippen LogP contribution in [0, 0.1) is 0 Å². The number of amides is 1. The van der Waals surface area contributed by atoms with Gasteiger partial charge in [-0.2, -0.15) is 4.68 Å². The van der Waals surface area contributed by atoms with Crippen molar-refractivity contribution in [2.24, 2.45) is 0 Å². The summed E-state index contributed by atoms with van der Waals surface area (Å²) in [6.07, 6.45) is 0. The molecular formula is C17H15N3O5S. The molecule has 0 bridgehead atoms. The fraction of sp³-hybridized carbons (Fsp3) is 0.235. The van der Waals surface area contributed by atoms with Gasteiger partial charge in [-0.15, -0.1) is 16.4 Å². The van der Waals surface area contributed by atoms with Gasteiger partial charge in [-0.3, -0.25) is 4.79 Å². The molecule has 1 aromatic carbocycles. The molecule has 0 saturated carbocycles. The number of hydrogen-bond acceptors (Lipinski definition) is 7. The fourth-order valence-electron chi connectivity index (χ4n) is 2.59. The molecule has 134 valence electrons. The monoisotopic (exact) mass is 373 g/mol. The first-order chi connectivity index (χ1) is 12.6. The maximum Gasteiger partial charge on any atom is 0.437 e. The molecule has 0 saturated heterocycles. The summed E-state index contributed by atoms with van der Waals surface area (Å²) in [7, 11) is 0. The van der Waals surface area contributed by atoms with Gasteiger partial charge in [0, 0.05) is 0 Å². The minimum Gasteiger partial charge on any atom is -0.454 e. The van der Waals surface area contributed by atoms with Crippen LogP contribution in [0.25, 0.3) is 10.8 Å². The third-order valence-electron chi connectivity index (χ3n) is 3.91. The Hall–Kier alpha value is -3.07. The number of aromatic nitrogens is 2. The Kier molecular flexibility index (Phi) is 4.21. The molecule has 0 aliphatic carbocycles. The van der Waals surface area contributed by atoms with Crippen molar-refractivity contribution in [1.82, 2.24) is 15.1 Å². The molecular weight excluding hydrogens is 358 g/mol. The zero-order chi connectivity index (χ0) is 18.1. The van der Waals surface area contributed by atoms with Gasteiger partial charge in [-0.05, 0) is 36.1 Å². The summed E-state index contributed by atoms with van der Waals surface area (Å²) in [5, 5.41) is 8.76. The molecule has 3 heterocycles. The predicted octanol–water partition coefficient (Wildman–Crippen LogP) is 2.17. The predicted molar refractivity (Wildman–Crippen MR) is 93.2 cm³/mol. The van der Waals surface area contributed by atoms with Gasteiger partial charge in [-0.1, -0.05) is 12.1 Å². The molecule has 26 heavy (non-hydrogen) atoms. The summed E-state index contributed by atoms with van der Waals surface area (Å²) < 4.78 is 16.7. The molecule has 3 aromatic rings. The number of carbonyl (C=O) groups excluding carboxylic acids is 1. The third-order valence-corrected chi connectivity index (χ3v) is 4.76. The van der Waals surface area contributed by atoms with E-state index in [1.165, 1.54) is 11.3 Å². The molecule has 0 spiro atoms. The highest BCUT2D eigenvalue weighted by Gasteiger charge is 2.18. The molecule has 0 radical (unpaired) electrons. The van der Waals surface area contributed by atoms with Crippen molar-refractivity contribution in [3.05, 3.63) is 51.8 Å². The van der Waals surface area contributed by atoms with Gasteiger partial charge in [0.05, 0.1) is 10.9 Å². The number of rotatable bonds is 5. The van der Waals surface area contributed by atoms with Crippen LogP contribution in [-0.4, -0.2) is 22.5 Å². The Labute approximate surface area is 152 Å². The minimum absolute atomic E-state index is 0.196. The largest absolute Gasteiger partial charge is 0.454 e. The van der Waals surface area contributed by atoms with E-state index in [9.17, 15) is 9.59 Å². The smallest absolute Gasteiger partial charge is 0.437 e. The normalized spacial score (nSPS) is 13.6. The molecule has 0 unspecified atom stereocenters. The third kappa shape index (κ3) is 3.21. The molecule has 8 nitrogen and oxygen atoms in total. The molecule has 0 fully saturated rings. The number of nitrogens with one attached hydrogen (secondary N) is 1. The molecule has 1 atom stereocenters. The Balaban J connectivity index is 1.43. The van der Waals surface area contributed by atoms with E-state index in [0.29, 0.717) is 11.5 Å². The van der Waals surface area contributed by atoms with Gasteiger partial charge in [0.2, 0.25) is 12.7 Å². The lowest BCUT2D eigenvalue weighted by molar-refractivity contribution is -0.122. The van der Waals surface area contributed by atoms with Crippen molar-refractivity contribution in [2.75, 3.05) is 6.79 Å². The van der Waals surface area contributed by atoms with Crippen molar-refractivity contribution in [1.29, 1.82) is 0 Å². The number of fused-ring (bicyclic) bond motifs is 1. The van der Waals surface area contributed by atoms with Gasteiger partial charge < -0.3 is 19.2 Å². The quantitative estimate of drug-likeness (QED) is 0.736. The highest BCUT2D eigenvalue weighted by atomic mass is 32.1. The molecule has 1 amide bonds. The fourth-order valence-corrected chi connectivity index (χ4v) is 3.24. The van der Waals surface area contributed by atoms with Crippen molar-refractivity contribution >= 4 is 17.2 Å². The van der Waals surface area contributed by atoms with E-state index in [4.69, 9.17) is 13.9 Å². The van der Waals surface area contributed by atoms with Crippen LogP contribution in [0.5, 0.6) is 11.5 Å². The van der Waals surface area contributed by atoms with Crippen molar-refractivity contribution in [3.63, 3.8) is 0 Å². The molecule has 1 aliphatic rings. The Morgan fingerprint density at radius 3 is 3.00 bits per heavy atom. The second-order valence-electron chi connectivity index (χ2n) is 5.71. The Morgan fingerprint density at radius 1 is 1.35 bits per heavy atom. The zero-order valence-electron chi connectivity index (χ0n) is 13.8. The highest BCUT2D eigenvalue weighted by Crippen LogP contribution is 2.34. The number of nitrogens with zero attached hydrogens (tertiary/aromatic N) is 2. The molecule has 4 rings (SSSR count). The summed E-state index contributed by atoms with van der Waals surface area (Å²) in [5.41, 5.74) is 0.870. The van der Waals surface area contributed by atoms with Crippen LogP contribution in [0.2, 0.25) is 0 Å². The first-order valence-electron chi connectivity index (χ1n) is 7.91. The van der Waals surface area contributed by atoms with Gasteiger partial charge in [0.15, 0.2) is 11.5 Å². The van der Waals surface area contributed by atoms with Gasteiger partial charge in [-0.25, -0.2) is 4.79 Å². The van der Waals surface area contributed by atoms with E-state index in [1.54, 1.807) is 12.1 Å². The summed E-state index contributed by atoms with van der Waals surface area (Å²) in [6, 6.07) is 8.84. The van der Waals surface area contributed by atoms with Crippen LogP contribution in [0.3, 0.4) is 0 Å². The molecule has 1 aliphatic heterocycles. The molecule has 2 aromatic heterocycles. The van der Waals surface area contributed by atoms with Crippen LogP contribution in [0.1, 0.15) is 18.5 Å². The van der Waals surface area contributed by atoms with Gasteiger partial charge in [0.1, 0.15) is 6.54 Å². The van der Waals surface area contributed by atoms with E-state index in [-0.39, 0.29) is 31.2 Å². The van der Waals surface area contributed by atoms with Crippen LogP contribution in [0.4, 0.5) is 0 Å². The summed E-state index contributed by atoms with van der Waals surface area (Å²) >= 11 is 1.40. The Morgan fingerprint density at radius 2 is 2.19 bits per heavy atom. The average molecular weight is 373 g/mol. The lowest BCUT2D eigenvalue weighted by atomic mass is 10.1. The highest BCUT2D eigenvalue weighted by molar-refractivity contribution is 7.13. The minimum atomic E-state index is -0.667. The lowest BCUT2D eigenvalue weighted by Gasteiger charge is -2.14. The van der Waals surface area contributed by atoms with Crippen molar-refractivity contribution in [2.45, 2.75) is 19.5 Å². The van der Waals surface area contributed by atoms with Crippen LogP contribution >= 0.6 is 11.3 Å². The van der Waals surface area contributed by atoms with Crippen LogP contribution < -0.4 is 20.5 Å². The second-order valence-corrected chi connectivity index (χ2v) is 6.66. The van der Waals surface area contributed by atoms with Crippen molar-refractivity contribution in [3.8, 4) is 22.3 Å². The number of hydrogen-bond donors (Lipinski definition) is 1. The lowest BCUT2D eigenvalue weighted by Crippen LogP contribution is -2.33. The van der Waals surface area contributed by atoms with Crippen LogP contribution in [0.15, 0.2) is 44.9 Å². The van der Waals surface area contributed by atoms with Gasteiger partial charge >= 0.3 is 5.76 Å². The summed E-state index contributed by atoms with van der Waals surface area (Å²) in [4.78, 5) is 24.9. The second kappa shape index (κ2) is 6.68. The first-order valence-corrected chi connectivity index (χ1v) is 8.79. The Bertz CT molecular complexity index is 992. The maximum atomic E-state index is 12.3. The van der Waals surface area contributed by atoms with Crippen molar-refractivity contribution < 1.29 is 18.7 Å². The van der Waals surface area contributed by atoms with E-state index < -0.39 is 5.76 Å². The summed E-state index contributed by atoms with van der Waals surface area (Å²) in [5.74, 6) is 0.531. The number of ether oxygens (including phenoxy) is 2. The van der Waals surface area contributed by atoms with E-state index in [0.717, 1.165) is 15.1 Å². The number of carbonyl (C=O) groups is 1. The van der Waals surface area contributed by atoms with Gasteiger partial charge in [0.25, 0.3) is 5.89 Å². The summed E-state index contributed by atoms with van der Waals surface area (Å²) in [6.45, 7) is 1.82. The number of benzene rings is 1. The zero-order valence-corrected chi connectivity index (χ0v) is 14.6. The molecule has 9 heteroatoms. The average Bonchev–Trinajstić information content (AvgIpc) is 3.35. The van der Waals surface area contributed by atoms with Crippen LogP contribution in [-0.2, 0) is 11.3 Å². The topological polar surface area (TPSA) is 95.6 Å².